The van der Waals surface area contributed by atoms with Crippen molar-refractivity contribution in [1.29, 1.82) is 0 Å². The van der Waals surface area contributed by atoms with Gasteiger partial charge in [0, 0.05) is 29.6 Å². The van der Waals surface area contributed by atoms with Gasteiger partial charge in [0.25, 0.3) is 5.88 Å². The number of benzene rings is 2. The third-order valence-corrected chi connectivity index (χ3v) is 5.67. The highest BCUT2D eigenvalue weighted by Gasteiger charge is 2.34. The van der Waals surface area contributed by atoms with Gasteiger partial charge >= 0.3 is 6.03 Å². The highest BCUT2D eigenvalue weighted by atomic mass is 32.2. The van der Waals surface area contributed by atoms with Gasteiger partial charge in [0.15, 0.2) is 11.6 Å². The Kier molecular flexibility index (Phi) is 5.64. The third kappa shape index (κ3) is 3.86. The Labute approximate surface area is 180 Å². The number of methoxy groups -OCH3 is 2. The fourth-order valence-corrected chi connectivity index (χ4v) is 4.10. The van der Waals surface area contributed by atoms with Crippen molar-refractivity contribution in [3.05, 3.63) is 71.5 Å². The maximum Gasteiger partial charge on any atom is 0.341 e. The zero-order valence-corrected chi connectivity index (χ0v) is 17.3. The lowest BCUT2D eigenvalue weighted by atomic mass is 10.1. The van der Waals surface area contributed by atoms with Crippen LogP contribution in [0.25, 0.3) is 0 Å². The van der Waals surface area contributed by atoms with Gasteiger partial charge in [-0.25, -0.2) is 22.3 Å². The summed E-state index contributed by atoms with van der Waals surface area (Å²) >= 11 is 1.11. The van der Waals surface area contributed by atoms with E-state index >= 15 is 0 Å². The number of para-hydroxylation sites is 1. The van der Waals surface area contributed by atoms with Crippen molar-refractivity contribution in [3.8, 4) is 11.6 Å². The molecule has 4 rings (SSSR count). The number of ether oxygens (including phenoxy) is 2. The summed E-state index contributed by atoms with van der Waals surface area (Å²) < 4.78 is 53.6. The number of pyridine rings is 1. The van der Waals surface area contributed by atoms with E-state index in [1.165, 1.54) is 23.4 Å². The minimum Gasteiger partial charge on any atom is -0.491 e. The normalized spacial score (nSPS) is 13.3. The Hall–Kier alpha value is -3.40. The van der Waals surface area contributed by atoms with E-state index in [1.54, 1.807) is 36.4 Å². The van der Waals surface area contributed by atoms with E-state index < -0.39 is 35.6 Å². The number of carbonyl (C=O) groups is 1. The predicted octanol–water partition coefficient (Wildman–Crippen LogP) is 5.17. The van der Waals surface area contributed by atoms with Crippen LogP contribution in [0.15, 0.2) is 53.4 Å². The van der Waals surface area contributed by atoms with Crippen molar-refractivity contribution < 1.29 is 27.4 Å². The van der Waals surface area contributed by atoms with E-state index in [1.807, 2.05) is 0 Å². The van der Waals surface area contributed by atoms with Gasteiger partial charge in [-0.05, 0) is 24.3 Å². The highest BCUT2D eigenvalue weighted by Crippen LogP contribution is 2.42. The number of urea groups is 1. The first-order chi connectivity index (χ1) is 14.9. The lowest BCUT2D eigenvalue weighted by Crippen LogP contribution is -2.43. The van der Waals surface area contributed by atoms with Crippen LogP contribution in [0.5, 0.6) is 11.6 Å². The first kappa shape index (κ1) is 20.9. The van der Waals surface area contributed by atoms with Crippen LogP contribution in [-0.4, -0.2) is 25.2 Å². The van der Waals surface area contributed by atoms with E-state index in [2.05, 4.69) is 4.98 Å². The number of hydrogen-bond acceptors (Lipinski definition) is 5. The Morgan fingerprint density at radius 1 is 1.00 bits per heavy atom. The highest BCUT2D eigenvalue weighted by molar-refractivity contribution is 8.01. The Bertz CT molecular complexity index is 1140. The number of aromatic nitrogens is 1. The molecule has 2 heterocycles. The van der Waals surface area contributed by atoms with Crippen molar-refractivity contribution in [3.63, 3.8) is 0 Å². The largest absolute Gasteiger partial charge is 0.491 e. The maximum atomic E-state index is 14.3. The molecule has 0 spiro atoms. The molecule has 3 aromatic rings. The van der Waals surface area contributed by atoms with Crippen LogP contribution in [0.4, 0.5) is 29.5 Å². The topological polar surface area (TPSA) is 54.9 Å². The summed E-state index contributed by atoms with van der Waals surface area (Å²) in [5.74, 6) is -2.38. The second kappa shape index (κ2) is 8.38. The zero-order valence-electron chi connectivity index (χ0n) is 16.4. The molecule has 0 radical (unpaired) electrons. The summed E-state index contributed by atoms with van der Waals surface area (Å²) in [4.78, 5) is 19.5. The summed E-state index contributed by atoms with van der Waals surface area (Å²) in [5.41, 5.74) is 0.0500. The van der Waals surface area contributed by atoms with E-state index in [9.17, 15) is 18.0 Å². The minimum atomic E-state index is -1.07. The van der Waals surface area contributed by atoms with Crippen LogP contribution in [0.2, 0.25) is 0 Å². The van der Waals surface area contributed by atoms with E-state index in [0.29, 0.717) is 28.5 Å². The third-order valence-electron chi connectivity index (χ3n) is 4.60. The average Bonchev–Trinajstić information content (AvgIpc) is 2.76. The molecule has 160 valence electrons. The van der Waals surface area contributed by atoms with E-state index in [-0.39, 0.29) is 11.7 Å². The van der Waals surface area contributed by atoms with Crippen molar-refractivity contribution in [2.45, 2.75) is 11.4 Å². The molecule has 2 amide bonds. The molecule has 0 N–H and O–H groups in total. The fourth-order valence-electron chi connectivity index (χ4n) is 3.12. The lowest BCUT2D eigenvalue weighted by molar-refractivity contribution is 0.254. The summed E-state index contributed by atoms with van der Waals surface area (Å²) in [6.45, 7) is -0.432. The van der Waals surface area contributed by atoms with Gasteiger partial charge in [-0.2, -0.15) is 4.98 Å². The minimum absolute atomic E-state index is 0.175. The van der Waals surface area contributed by atoms with Gasteiger partial charge in [-0.1, -0.05) is 12.1 Å². The zero-order chi connectivity index (χ0) is 22.1. The number of amides is 2. The first-order valence-electron chi connectivity index (χ1n) is 9.04. The quantitative estimate of drug-likeness (QED) is 0.505. The standard InChI is InChI=1S/C21H16F3N3O3S/c1-29-17-7-8-19(25-20(17)30-2)27-21(28)26(16-5-3-4-6-18(16)31-27)11-13-14(23)9-12(22)10-15(13)24/h3-10H,11H2,1-2H3. The Morgan fingerprint density at radius 3 is 2.39 bits per heavy atom. The molecule has 0 unspecified atom stereocenters. The number of carbonyl (C=O) groups excluding carboxylic acids is 1. The Balaban J connectivity index is 1.77. The molecular weight excluding hydrogens is 431 g/mol. The second-order valence-corrected chi connectivity index (χ2v) is 7.44. The molecule has 0 atom stereocenters. The Morgan fingerprint density at radius 2 is 1.71 bits per heavy atom. The molecule has 0 saturated heterocycles. The van der Waals surface area contributed by atoms with Crippen molar-refractivity contribution in [2.75, 3.05) is 23.4 Å². The first-order valence-corrected chi connectivity index (χ1v) is 9.81. The van der Waals surface area contributed by atoms with Crippen LogP contribution in [0.1, 0.15) is 5.56 Å². The molecule has 0 bridgehead atoms. The monoisotopic (exact) mass is 447 g/mol. The molecular formula is C21H16F3N3O3S. The summed E-state index contributed by atoms with van der Waals surface area (Å²) in [7, 11) is 2.88. The van der Waals surface area contributed by atoms with E-state index in [0.717, 1.165) is 11.9 Å². The van der Waals surface area contributed by atoms with Crippen LogP contribution in [0, 0.1) is 17.5 Å². The number of rotatable bonds is 5. The average molecular weight is 447 g/mol. The smallest absolute Gasteiger partial charge is 0.341 e. The molecule has 2 aromatic carbocycles. The molecule has 0 saturated carbocycles. The lowest BCUT2D eigenvalue weighted by Gasteiger charge is -2.35. The molecule has 0 fully saturated rings. The SMILES string of the molecule is COc1ccc(N2Sc3ccccc3N(Cc3c(F)cc(F)cc3F)C2=O)nc1OC. The van der Waals surface area contributed by atoms with Gasteiger partial charge in [0.05, 0.1) is 31.3 Å². The second-order valence-electron chi connectivity index (χ2n) is 6.45. The van der Waals surface area contributed by atoms with Crippen LogP contribution >= 0.6 is 11.9 Å². The number of fused-ring (bicyclic) bond motifs is 1. The molecule has 10 heteroatoms. The predicted molar refractivity (Wildman–Crippen MR) is 110 cm³/mol. The molecule has 1 aliphatic rings. The molecule has 0 aliphatic carbocycles. The molecule has 1 aromatic heterocycles. The van der Waals surface area contributed by atoms with Crippen LogP contribution < -0.4 is 18.7 Å². The summed E-state index contributed by atoms with van der Waals surface area (Å²) in [5, 5.41) is 0. The maximum absolute atomic E-state index is 14.3. The number of anilines is 2. The van der Waals surface area contributed by atoms with Crippen molar-refractivity contribution >= 4 is 29.5 Å². The van der Waals surface area contributed by atoms with Gasteiger partial charge in [0.1, 0.15) is 17.5 Å². The molecule has 1 aliphatic heterocycles. The number of nitrogens with zero attached hydrogens (tertiary/aromatic N) is 3. The van der Waals surface area contributed by atoms with Crippen molar-refractivity contribution in [1.82, 2.24) is 4.98 Å². The van der Waals surface area contributed by atoms with Crippen molar-refractivity contribution in [2.24, 2.45) is 0 Å². The molecule has 31 heavy (non-hydrogen) atoms. The van der Waals surface area contributed by atoms with Gasteiger partial charge in [0.2, 0.25) is 0 Å². The summed E-state index contributed by atoms with van der Waals surface area (Å²) in [6.07, 6.45) is 0. The molecule has 6 nitrogen and oxygen atoms in total. The van der Waals surface area contributed by atoms with Gasteiger partial charge < -0.3 is 9.47 Å². The van der Waals surface area contributed by atoms with Gasteiger partial charge in [-0.3, -0.25) is 4.90 Å². The van der Waals surface area contributed by atoms with Crippen LogP contribution in [-0.2, 0) is 6.54 Å². The summed E-state index contributed by atoms with van der Waals surface area (Å²) in [6, 6.07) is 10.7. The van der Waals surface area contributed by atoms with Crippen LogP contribution in [0.3, 0.4) is 0 Å². The van der Waals surface area contributed by atoms with E-state index in [4.69, 9.17) is 9.47 Å². The number of hydrogen-bond donors (Lipinski definition) is 0. The fraction of sp³-hybridized carbons (Fsp3) is 0.143. The van der Waals surface area contributed by atoms with Gasteiger partial charge in [-0.15, -0.1) is 0 Å². The number of halogens is 3.